The lowest BCUT2D eigenvalue weighted by Crippen LogP contribution is -2.55. The smallest absolute Gasteiger partial charge is 0.412 e. The van der Waals surface area contributed by atoms with Gasteiger partial charge in [0.1, 0.15) is 17.7 Å². The van der Waals surface area contributed by atoms with E-state index in [4.69, 9.17) is 4.74 Å². The standard InChI is InChI=1S/C31H36F2N4O8/c1-17(2)24-8-7-18(3)11-26(24)45-31(42)36-10-9-35(30(41)20-12-21(32)15-22(33)13-20)29(36)28(40)34-25(16-27(38)39)19-5-4-6-23(14-19)37(43)44/h4-6,12-15,17-18,24-26,29H,7-11,16H2,1-3H3,(H,34,40)(H,38,39). The molecule has 5 unspecified atom stereocenters. The van der Waals surface area contributed by atoms with Gasteiger partial charge in [-0.3, -0.25) is 29.4 Å². The first-order valence-electron chi connectivity index (χ1n) is 14.8. The van der Waals surface area contributed by atoms with Gasteiger partial charge >= 0.3 is 12.1 Å². The van der Waals surface area contributed by atoms with Crippen molar-refractivity contribution in [2.45, 2.75) is 64.8 Å². The number of nitro benzene ring substituents is 1. The van der Waals surface area contributed by atoms with Gasteiger partial charge in [0.05, 0.1) is 17.4 Å². The van der Waals surface area contributed by atoms with Crippen molar-refractivity contribution in [2.24, 2.45) is 17.8 Å². The molecule has 242 valence electrons. The molecule has 1 heterocycles. The van der Waals surface area contributed by atoms with Crippen molar-refractivity contribution >= 4 is 29.6 Å². The second kappa shape index (κ2) is 14.0. The van der Waals surface area contributed by atoms with Gasteiger partial charge in [-0.15, -0.1) is 0 Å². The van der Waals surface area contributed by atoms with Crippen molar-refractivity contribution in [2.75, 3.05) is 13.1 Å². The van der Waals surface area contributed by atoms with Crippen LogP contribution in [0.2, 0.25) is 0 Å². The first-order valence-corrected chi connectivity index (χ1v) is 14.8. The minimum Gasteiger partial charge on any atom is -0.481 e. The van der Waals surface area contributed by atoms with Crippen LogP contribution in [0, 0.1) is 39.5 Å². The van der Waals surface area contributed by atoms with Crippen molar-refractivity contribution < 1.29 is 42.7 Å². The van der Waals surface area contributed by atoms with E-state index in [1.54, 1.807) is 0 Å². The van der Waals surface area contributed by atoms with Crippen LogP contribution < -0.4 is 5.32 Å². The molecule has 2 fully saturated rings. The average molecular weight is 631 g/mol. The van der Waals surface area contributed by atoms with Gasteiger partial charge in [-0.25, -0.2) is 13.6 Å². The number of carbonyl (C=O) groups is 4. The molecule has 1 saturated carbocycles. The summed E-state index contributed by atoms with van der Waals surface area (Å²) in [5.74, 6) is -4.72. The fourth-order valence-corrected chi connectivity index (χ4v) is 6.13. The molecule has 3 amide bonds. The maximum absolute atomic E-state index is 14.0. The first kappa shape index (κ1) is 33.3. The minimum absolute atomic E-state index is 0.0712. The number of halogens is 2. The summed E-state index contributed by atoms with van der Waals surface area (Å²) in [6, 6.07) is 5.94. The minimum atomic E-state index is -1.68. The molecule has 45 heavy (non-hydrogen) atoms. The summed E-state index contributed by atoms with van der Waals surface area (Å²) in [7, 11) is 0. The van der Waals surface area contributed by atoms with E-state index in [1.165, 1.54) is 18.2 Å². The van der Waals surface area contributed by atoms with Crippen molar-refractivity contribution in [1.82, 2.24) is 15.1 Å². The largest absolute Gasteiger partial charge is 0.481 e. The van der Waals surface area contributed by atoms with E-state index in [1.807, 2.05) is 13.8 Å². The van der Waals surface area contributed by atoms with E-state index in [-0.39, 0.29) is 36.2 Å². The third kappa shape index (κ3) is 7.91. The predicted molar refractivity (Wildman–Crippen MR) is 156 cm³/mol. The number of carboxylic acids is 1. The van der Waals surface area contributed by atoms with Crippen LogP contribution in [0.3, 0.4) is 0 Å². The molecule has 1 aliphatic heterocycles. The van der Waals surface area contributed by atoms with Crippen LogP contribution in [-0.4, -0.2) is 69.1 Å². The Morgan fingerprint density at radius 2 is 1.73 bits per heavy atom. The number of hydrogen-bond acceptors (Lipinski definition) is 7. The molecule has 2 aromatic rings. The maximum atomic E-state index is 14.0. The molecule has 1 aliphatic carbocycles. The number of non-ortho nitro benzene ring substituents is 1. The number of nitro groups is 1. The molecule has 2 N–H and O–H groups in total. The zero-order valence-electron chi connectivity index (χ0n) is 25.2. The second-order valence-corrected chi connectivity index (χ2v) is 12.0. The van der Waals surface area contributed by atoms with Gasteiger partial charge in [-0.05, 0) is 48.3 Å². The quantitative estimate of drug-likeness (QED) is 0.293. The number of amides is 3. The number of carboxylic acid groups (broad SMARTS) is 1. The fraction of sp³-hybridized carbons (Fsp3) is 0.484. The lowest BCUT2D eigenvalue weighted by Gasteiger charge is -2.38. The van der Waals surface area contributed by atoms with E-state index < -0.39 is 70.7 Å². The number of ether oxygens (including phenoxy) is 1. The van der Waals surface area contributed by atoms with Crippen LogP contribution in [0.15, 0.2) is 42.5 Å². The molecule has 0 bridgehead atoms. The van der Waals surface area contributed by atoms with Gasteiger partial charge in [0, 0.05) is 36.9 Å². The topological polar surface area (TPSA) is 159 Å². The molecule has 0 radical (unpaired) electrons. The van der Waals surface area contributed by atoms with E-state index in [9.17, 15) is 43.2 Å². The zero-order valence-corrected chi connectivity index (χ0v) is 25.2. The highest BCUT2D eigenvalue weighted by Gasteiger charge is 2.46. The highest BCUT2D eigenvalue weighted by molar-refractivity contribution is 5.99. The van der Waals surface area contributed by atoms with Crippen molar-refractivity contribution in [3.8, 4) is 0 Å². The number of rotatable bonds is 9. The van der Waals surface area contributed by atoms with Crippen LogP contribution in [0.25, 0.3) is 0 Å². The van der Waals surface area contributed by atoms with Crippen LogP contribution in [-0.2, 0) is 14.3 Å². The number of carbonyl (C=O) groups excluding carboxylic acids is 3. The Morgan fingerprint density at radius 3 is 2.36 bits per heavy atom. The summed E-state index contributed by atoms with van der Waals surface area (Å²) < 4.78 is 34.0. The van der Waals surface area contributed by atoms with E-state index >= 15 is 0 Å². The molecule has 1 saturated heterocycles. The Kier molecular flexibility index (Phi) is 10.3. The summed E-state index contributed by atoms with van der Waals surface area (Å²) in [6.45, 7) is 5.76. The van der Waals surface area contributed by atoms with Crippen molar-refractivity contribution in [1.29, 1.82) is 0 Å². The second-order valence-electron chi connectivity index (χ2n) is 12.0. The third-order valence-electron chi connectivity index (χ3n) is 8.40. The van der Waals surface area contributed by atoms with Gasteiger partial charge in [0.15, 0.2) is 6.17 Å². The van der Waals surface area contributed by atoms with Crippen molar-refractivity contribution in [3.63, 3.8) is 0 Å². The van der Waals surface area contributed by atoms with Crippen LogP contribution >= 0.6 is 0 Å². The fourth-order valence-electron chi connectivity index (χ4n) is 6.13. The summed E-state index contributed by atoms with van der Waals surface area (Å²) in [5, 5.41) is 23.4. The molecule has 5 atom stereocenters. The Bertz CT molecular complexity index is 1450. The van der Waals surface area contributed by atoms with E-state index in [0.29, 0.717) is 18.4 Å². The normalized spacial score (nSPS) is 22.2. The molecular formula is C31H36F2N4O8. The van der Waals surface area contributed by atoms with Gasteiger partial charge in [0.25, 0.3) is 17.5 Å². The molecule has 4 rings (SSSR count). The van der Waals surface area contributed by atoms with Crippen LogP contribution in [0.4, 0.5) is 19.3 Å². The van der Waals surface area contributed by atoms with Crippen molar-refractivity contribution in [3.05, 3.63) is 75.3 Å². The molecular weight excluding hydrogens is 594 g/mol. The number of nitrogens with zero attached hydrogens (tertiary/aromatic N) is 3. The third-order valence-corrected chi connectivity index (χ3v) is 8.40. The zero-order chi connectivity index (χ0) is 33.0. The number of nitrogens with one attached hydrogen (secondary N) is 1. The van der Waals surface area contributed by atoms with Gasteiger partial charge in [-0.1, -0.05) is 39.3 Å². The molecule has 2 aromatic carbocycles. The monoisotopic (exact) mass is 630 g/mol. The van der Waals surface area contributed by atoms with E-state index in [0.717, 1.165) is 40.8 Å². The Morgan fingerprint density at radius 1 is 1.07 bits per heavy atom. The lowest BCUT2D eigenvalue weighted by molar-refractivity contribution is -0.384. The Labute approximate surface area is 258 Å². The highest BCUT2D eigenvalue weighted by atomic mass is 19.1. The van der Waals surface area contributed by atoms with Gasteiger partial charge in [0.2, 0.25) is 0 Å². The Balaban J connectivity index is 1.67. The molecule has 0 spiro atoms. The molecule has 14 heteroatoms. The van der Waals surface area contributed by atoms with Gasteiger partial charge < -0.3 is 20.1 Å². The van der Waals surface area contributed by atoms with Gasteiger partial charge in [-0.2, -0.15) is 0 Å². The molecule has 2 aliphatic rings. The average Bonchev–Trinajstić information content (AvgIpc) is 3.41. The first-order chi connectivity index (χ1) is 21.2. The predicted octanol–water partition coefficient (Wildman–Crippen LogP) is 4.89. The maximum Gasteiger partial charge on any atom is 0.412 e. The molecule has 0 aromatic heterocycles. The number of hydrogen-bond donors (Lipinski definition) is 2. The van der Waals surface area contributed by atoms with E-state index in [2.05, 4.69) is 12.2 Å². The SMILES string of the molecule is CC1CCC(C(C)C)C(OC(=O)N2CCN(C(=O)c3cc(F)cc(F)c3)C2C(=O)NC(CC(=O)O)c2cccc([N+](=O)[O-])c2)C1. The lowest BCUT2D eigenvalue weighted by atomic mass is 9.75. The summed E-state index contributed by atoms with van der Waals surface area (Å²) in [5.41, 5.74) is -0.634. The van der Waals surface area contributed by atoms with Crippen LogP contribution in [0.1, 0.15) is 68.4 Å². The molecule has 12 nitrogen and oxygen atoms in total. The highest BCUT2D eigenvalue weighted by Crippen LogP contribution is 2.36. The summed E-state index contributed by atoms with van der Waals surface area (Å²) in [4.78, 5) is 65.5. The van der Waals surface area contributed by atoms with Crippen LogP contribution in [0.5, 0.6) is 0 Å². The number of benzene rings is 2. The summed E-state index contributed by atoms with van der Waals surface area (Å²) >= 11 is 0. The number of aliphatic carboxylic acids is 1. The summed E-state index contributed by atoms with van der Waals surface area (Å²) in [6.07, 6.45) is -1.24. The Hall–Kier alpha value is -4.62.